The molecule has 1 unspecified atom stereocenters. The monoisotopic (exact) mass is 227 g/mol. The minimum atomic E-state index is -1.01. The summed E-state index contributed by atoms with van der Waals surface area (Å²) >= 11 is 5.83. The second-order valence-electron chi connectivity index (χ2n) is 3.42. The van der Waals surface area contributed by atoms with Gasteiger partial charge in [-0.15, -0.1) is 0 Å². The second kappa shape index (κ2) is 5.03. The highest BCUT2D eigenvalue weighted by molar-refractivity contribution is 6.34. The van der Waals surface area contributed by atoms with Crippen molar-refractivity contribution < 1.29 is 9.90 Å². The Morgan fingerprint density at radius 3 is 2.80 bits per heavy atom. The fourth-order valence-electron chi connectivity index (χ4n) is 1.23. The van der Waals surface area contributed by atoms with Gasteiger partial charge in [-0.1, -0.05) is 24.6 Å². The maximum absolute atomic E-state index is 11.0. The largest absolute Gasteiger partial charge is 0.478 e. The number of aromatic carboxylic acids is 1. The third kappa shape index (κ3) is 2.86. The molecule has 2 N–H and O–H groups in total. The molecule has 15 heavy (non-hydrogen) atoms. The number of anilines is 1. The molecular formula is C11H14ClNO2. The summed E-state index contributed by atoms with van der Waals surface area (Å²) in [6.45, 7) is 4.02. The number of carboxylic acids is 1. The van der Waals surface area contributed by atoms with E-state index in [1.807, 2.05) is 13.8 Å². The molecule has 0 aliphatic rings. The highest BCUT2D eigenvalue weighted by Crippen LogP contribution is 2.25. The van der Waals surface area contributed by atoms with E-state index in [1.54, 1.807) is 18.2 Å². The maximum Gasteiger partial charge on any atom is 0.339 e. The summed E-state index contributed by atoms with van der Waals surface area (Å²) in [5.74, 6) is -1.01. The summed E-state index contributed by atoms with van der Waals surface area (Å²) in [7, 11) is 0. The van der Waals surface area contributed by atoms with Gasteiger partial charge in [-0.25, -0.2) is 4.79 Å². The van der Waals surface area contributed by atoms with Gasteiger partial charge in [0, 0.05) is 6.04 Å². The summed E-state index contributed by atoms with van der Waals surface area (Å²) in [5.41, 5.74) is 0.712. The quantitative estimate of drug-likeness (QED) is 0.830. The summed E-state index contributed by atoms with van der Waals surface area (Å²) in [4.78, 5) is 11.0. The van der Waals surface area contributed by atoms with E-state index in [4.69, 9.17) is 16.7 Å². The van der Waals surface area contributed by atoms with Gasteiger partial charge in [0.2, 0.25) is 0 Å². The Kier molecular flexibility index (Phi) is 3.97. The van der Waals surface area contributed by atoms with Crippen molar-refractivity contribution in [1.29, 1.82) is 0 Å². The van der Waals surface area contributed by atoms with E-state index in [1.165, 1.54) is 0 Å². The minimum absolute atomic E-state index is 0.138. The zero-order chi connectivity index (χ0) is 11.4. The van der Waals surface area contributed by atoms with Crippen LogP contribution in [0.15, 0.2) is 18.2 Å². The van der Waals surface area contributed by atoms with Gasteiger partial charge in [-0.3, -0.25) is 0 Å². The summed E-state index contributed by atoms with van der Waals surface area (Å²) in [6, 6.07) is 5.26. The normalized spacial score (nSPS) is 12.2. The number of hydrogen-bond acceptors (Lipinski definition) is 2. The first-order valence-corrected chi connectivity index (χ1v) is 5.22. The van der Waals surface area contributed by atoms with Gasteiger partial charge in [-0.2, -0.15) is 0 Å². The van der Waals surface area contributed by atoms with Crippen LogP contribution in [0, 0.1) is 0 Å². The molecule has 0 aliphatic heterocycles. The Morgan fingerprint density at radius 1 is 1.60 bits per heavy atom. The molecule has 1 aromatic carbocycles. The molecule has 0 amide bonds. The van der Waals surface area contributed by atoms with Crippen molar-refractivity contribution in [2.45, 2.75) is 26.3 Å². The minimum Gasteiger partial charge on any atom is -0.478 e. The molecule has 4 heteroatoms. The van der Waals surface area contributed by atoms with Gasteiger partial charge in [-0.05, 0) is 25.5 Å². The van der Waals surface area contributed by atoms with Gasteiger partial charge in [0.05, 0.1) is 10.7 Å². The maximum atomic E-state index is 11.0. The van der Waals surface area contributed by atoms with Gasteiger partial charge >= 0.3 is 5.97 Å². The lowest BCUT2D eigenvalue weighted by Gasteiger charge is -2.15. The smallest absolute Gasteiger partial charge is 0.339 e. The predicted octanol–water partition coefficient (Wildman–Crippen LogP) is 3.25. The number of halogens is 1. The number of nitrogens with one attached hydrogen (secondary N) is 1. The highest BCUT2D eigenvalue weighted by Gasteiger charge is 2.14. The molecule has 0 fully saturated rings. The van der Waals surface area contributed by atoms with E-state index >= 15 is 0 Å². The number of carbonyl (C=O) groups is 1. The van der Waals surface area contributed by atoms with E-state index in [-0.39, 0.29) is 16.6 Å². The summed E-state index contributed by atoms with van der Waals surface area (Å²) < 4.78 is 0. The van der Waals surface area contributed by atoms with Crippen molar-refractivity contribution >= 4 is 23.3 Å². The number of benzene rings is 1. The molecule has 0 aliphatic carbocycles. The molecule has 0 radical (unpaired) electrons. The van der Waals surface area contributed by atoms with Crippen LogP contribution in [0.2, 0.25) is 5.02 Å². The lowest BCUT2D eigenvalue weighted by molar-refractivity contribution is 0.0698. The van der Waals surface area contributed by atoms with Crippen molar-refractivity contribution in [3.8, 4) is 0 Å². The molecule has 0 bridgehead atoms. The first-order chi connectivity index (χ1) is 7.06. The van der Waals surface area contributed by atoms with Gasteiger partial charge in [0.15, 0.2) is 0 Å². The Hall–Kier alpha value is -1.22. The molecule has 0 heterocycles. The van der Waals surface area contributed by atoms with Crippen LogP contribution < -0.4 is 5.32 Å². The van der Waals surface area contributed by atoms with Gasteiger partial charge in [0.25, 0.3) is 0 Å². The van der Waals surface area contributed by atoms with Crippen molar-refractivity contribution in [2.24, 2.45) is 0 Å². The Bertz CT molecular complexity index is 366. The lowest BCUT2D eigenvalue weighted by atomic mass is 10.1. The van der Waals surface area contributed by atoms with Crippen LogP contribution in [0.1, 0.15) is 30.6 Å². The first kappa shape index (κ1) is 11.9. The highest BCUT2D eigenvalue weighted by atomic mass is 35.5. The molecule has 0 aromatic heterocycles. The molecular weight excluding hydrogens is 214 g/mol. The van der Waals surface area contributed by atoms with Crippen LogP contribution in [0.25, 0.3) is 0 Å². The van der Waals surface area contributed by atoms with Crippen molar-refractivity contribution in [3.63, 3.8) is 0 Å². The lowest BCUT2D eigenvalue weighted by Crippen LogP contribution is -2.16. The third-order valence-electron chi connectivity index (χ3n) is 2.24. The second-order valence-corrected chi connectivity index (χ2v) is 3.83. The van der Waals surface area contributed by atoms with E-state index in [0.717, 1.165) is 6.42 Å². The van der Waals surface area contributed by atoms with E-state index < -0.39 is 5.97 Å². The van der Waals surface area contributed by atoms with E-state index in [0.29, 0.717) is 5.69 Å². The zero-order valence-corrected chi connectivity index (χ0v) is 9.51. The topological polar surface area (TPSA) is 49.3 Å². The molecule has 82 valence electrons. The van der Waals surface area contributed by atoms with Crippen molar-refractivity contribution in [2.75, 3.05) is 5.32 Å². The van der Waals surface area contributed by atoms with Gasteiger partial charge < -0.3 is 10.4 Å². The van der Waals surface area contributed by atoms with E-state index in [9.17, 15) is 4.79 Å². The molecule has 3 nitrogen and oxygen atoms in total. The van der Waals surface area contributed by atoms with Crippen LogP contribution >= 0.6 is 11.6 Å². The predicted molar refractivity (Wildman–Crippen MR) is 61.8 cm³/mol. The third-order valence-corrected chi connectivity index (χ3v) is 2.56. The molecule has 0 spiro atoms. The zero-order valence-electron chi connectivity index (χ0n) is 8.75. The summed E-state index contributed by atoms with van der Waals surface area (Å²) in [5, 5.41) is 12.4. The average molecular weight is 228 g/mol. The SMILES string of the molecule is CCC(C)Nc1cccc(Cl)c1C(=O)O. The number of carboxylic acid groups (broad SMARTS) is 1. The van der Waals surface area contributed by atoms with Crippen LogP contribution in [-0.4, -0.2) is 17.1 Å². The van der Waals surface area contributed by atoms with E-state index in [2.05, 4.69) is 5.32 Å². The molecule has 1 rings (SSSR count). The Labute approximate surface area is 94.1 Å². The van der Waals surface area contributed by atoms with Crippen molar-refractivity contribution in [3.05, 3.63) is 28.8 Å². The number of rotatable bonds is 4. The Balaban J connectivity index is 3.06. The van der Waals surface area contributed by atoms with Crippen LogP contribution in [0.5, 0.6) is 0 Å². The fraction of sp³-hybridized carbons (Fsp3) is 0.364. The average Bonchev–Trinajstić information content (AvgIpc) is 2.17. The van der Waals surface area contributed by atoms with Gasteiger partial charge in [0.1, 0.15) is 5.56 Å². The van der Waals surface area contributed by atoms with Crippen LogP contribution in [0.4, 0.5) is 5.69 Å². The molecule has 0 saturated heterocycles. The van der Waals surface area contributed by atoms with Crippen molar-refractivity contribution in [1.82, 2.24) is 0 Å². The number of hydrogen-bond donors (Lipinski definition) is 2. The molecule has 1 aromatic rings. The molecule has 0 saturated carbocycles. The summed E-state index contributed by atoms with van der Waals surface area (Å²) in [6.07, 6.45) is 0.922. The van der Waals surface area contributed by atoms with Crippen LogP contribution in [0.3, 0.4) is 0 Å². The Morgan fingerprint density at radius 2 is 2.27 bits per heavy atom. The fourth-order valence-corrected chi connectivity index (χ4v) is 1.48. The standard InChI is InChI=1S/C11H14ClNO2/c1-3-7(2)13-9-6-4-5-8(12)10(9)11(14)15/h4-7,13H,3H2,1-2H3,(H,14,15). The molecule has 1 atom stereocenters. The van der Waals surface area contributed by atoms with Crippen LogP contribution in [-0.2, 0) is 0 Å². The first-order valence-electron chi connectivity index (χ1n) is 4.84.